The van der Waals surface area contributed by atoms with Crippen molar-refractivity contribution in [1.82, 2.24) is 4.57 Å². The third-order valence-corrected chi connectivity index (χ3v) is 6.28. The van der Waals surface area contributed by atoms with Crippen LogP contribution in [0.5, 0.6) is 23.3 Å². The van der Waals surface area contributed by atoms with Gasteiger partial charge in [0.05, 0.1) is 11.1 Å². The van der Waals surface area contributed by atoms with Crippen molar-refractivity contribution in [3.63, 3.8) is 0 Å². The van der Waals surface area contributed by atoms with Crippen LogP contribution in [0.3, 0.4) is 0 Å². The van der Waals surface area contributed by atoms with Crippen molar-refractivity contribution in [2.75, 3.05) is 11.9 Å². The quantitative estimate of drug-likeness (QED) is 0.583. The number of hydrogen-bond acceptors (Lipinski definition) is 5. The van der Waals surface area contributed by atoms with Gasteiger partial charge < -0.3 is 25.0 Å². The zero-order chi connectivity index (χ0) is 20.6. The lowest BCUT2D eigenvalue weighted by Gasteiger charge is -2.45. The first-order chi connectivity index (χ1) is 13.8. The average Bonchev–Trinajstić information content (AvgIpc) is 3.11. The van der Waals surface area contributed by atoms with Gasteiger partial charge in [-0.05, 0) is 55.8 Å². The van der Waals surface area contributed by atoms with Crippen molar-refractivity contribution in [1.29, 1.82) is 0 Å². The third-order valence-electron chi connectivity index (χ3n) is 6.28. The van der Waals surface area contributed by atoms with E-state index < -0.39 is 11.1 Å². The number of hydrogen-bond donors (Lipinski definition) is 3. The van der Waals surface area contributed by atoms with Gasteiger partial charge in [0.25, 0.3) is 0 Å². The van der Waals surface area contributed by atoms with Gasteiger partial charge in [-0.25, -0.2) is 0 Å². The second-order valence-electron chi connectivity index (χ2n) is 8.10. The van der Waals surface area contributed by atoms with Crippen LogP contribution in [0.4, 0.5) is 5.69 Å². The zero-order valence-corrected chi connectivity index (χ0v) is 16.4. The molecular weight excluding hydrogens is 368 g/mol. The van der Waals surface area contributed by atoms with E-state index in [0.717, 1.165) is 16.8 Å². The Morgan fingerprint density at radius 2 is 1.66 bits per heavy atom. The van der Waals surface area contributed by atoms with Crippen LogP contribution in [0.2, 0.25) is 0 Å². The molecule has 2 aromatic carbocycles. The highest BCUT2D eigenvalue weighted by Gasteiger charge is 2.58. The fourth-order valence-electron chi connectivity index (χ4n) is 4.62. The summed E-state index contributed by atoms with van der Waals surface area (Å²) < 4.78 is 7.87. The summed E-state index contributed by atoms with van der Waals surface area (Å²) in [6, 6.07) is 14.0. The number of rotatable bonds is 1. The van der Waals surface area contributed by atoms with E-state index in [2.05, 4.69) is 18.7 Å². The smallest absolute Gasteiger partial charge is 0.212 e. The second-order valence-corrected chi connectivity index (χ2v) is 8.10. The molecule has 5 rings (SSSR count). The molecule has 0 amide bonds. The van der Waals surface area contributed by atoms with Gasteiger partial charge in [-0.15, -0.1) is 0 Å². The minimum absolute atomic E-state index is 0.0333. The van der Waals surface area contributed by atoms with Gasteiger partial charge in [-0.1, -0.05) is 12.1 Å². The first kappa shape index (κ1) is 17.6. The first-order valence-electron chi connectivity index (χ1n) is 9.45. The largest absolute Gasteiger partial charge is 0.504 e. The number of phenolic OH excluding ortho intramolecular Hbond substituents is 1. The van der Waals surface area contributed by atoms with Crippen LogP contribution in [0.1, 0.15) is 25.0 Å². The number of para-hydroxylation sites is 1. The summed E-state index contributed by atoms with van der Waals surface area (Å²) in [5.41, 5.74) is 2.15. The molecule has 6 nitrogen and oxygen atoms in total. The number of aromatic nitrogens is 1. The predicted octanol–water partition coefficient (Wildman–Crippen LogP) is 4.12. The lowest BCUT2D eigenvalue weighted by Crippen LogP contribution is -2.58. The normalized spacial score (nSPS) is 21.1. The van der Waals surface area contributed by atoms with Gasteiger partial charge in [-0.2, -0.15) is 0 Å². The Hall–Kier alpha value is -3.54. The van der Waals surface area contributed by atoms with Gasteiger partial charge in [0, 0.05) is 30.4 Å². The summed E-state index contributed by atoms with van der Waals surface area (Å²) in [6.07, 6.45) is 4.01. The number of aromatic hydroxyl groups is 3. The van der Waals surface area contributed by atoms with Crippen LogP contribution >= 0.6 is 0 Å². The van der Waals surface area contributed by atoms with Crippen molar-refractivity contribution < 1.29 is 20.1 Å². The lowest BCUT2D eigenvalue weighted by atomic mass is 9.76. The summed E-state index contributed by atoms with van der Waals surface area (Å²) in [6.45, 7) is 4.17. The first-order valence-corrected chi connectivity index (χ1v) is 9.45. The summed E-state index contributed by atoms with van der Waals surface area (Å²) in [5.74, 6) is 0.501. The van der Waals surface area contributed by atoms with Gasteiger partial charge in [0.2, 0.25) is 5.72 Å². The number of likely N-dealkylation sites (N-methyl/N-ethyl adjacent to an activating group) is 1. The summed E-state index contributed by atoms with van der Waals surface area (Å²) in [5, 5.41) is 30.6. The molecule has 0 bridgehead atoms. The van der Waals surface area contributed by atoms with Crippen molar-refractivity contribution in [3.05, 3.63) is 65.7 Å². The fourth-order valence-corrected chi connectivity index (χ4v) is 4.62. The standard InChI is InChI=1S/C23H22N2O4/c1-22(2)16-13-15(25-19(27)9-10-20(25)28)7-8-17(16)24(3)23(22)12-11-14-5-4-6-18(26)21(14)29-23/h4-13,26-28H,1-3H3. The molecule has 0 fully saturated rings. The lowest BCUT2D eigenvalue weighted by molar-refractivity contribution is 0.0553. The van der Waals surface area contributed by atoms with Crippen molar-refractivity contribution in [2.45, 2.75) is 25.0 Å². The number of anilines is 1. The van der Waals surface area contributed by atoms with Gasteiger partial charge in [0.1, 0.15) is 0 Å². The average molecular weight is 390 g/mol. The minimum atomic E-state index is -0.833. The molecule has 1 atom stereocenters. The third kappa shape index (κ3) is 2.11. The molecule has 2 aliphatic rings. The van der Waals surface area contributed by atoms with E-state index in [1.54, 1.807) is 12.1 Å². The summed E-state index contributed by atoms with van der Waals surface area (Å²) in [7, 11) is 1.97. The Balaban J connectivity index is 1.67. The molecule has 0 aliphatic carbocycles. The zero-order valence-electron chi connectivity index (χ0n) is 16.4. The molecule has 1 aromatic heterocycles. The molecule has 3 N–H and O–H groups in total. The van der Waals surface area contributed by atoms with E-state index in [-0.39, 0.29) is 17.5 Å². The minimum Gasteiger partial charge on any atom is -0.504 e. The monoisotopic (exact) mass is 390 g/mol. The molecule has 0 saturated heterocycles. The molecule has 3 aromatic rings. The number of ether oxygens (including phenoxy) is 1. The van der Waals surface area contributed by atoms with E-state index >= 15 is 0 Å². The van der Waals surface area contributed by atoms with Crippen LogP contribution in [0.15, 0.2) is 54.6 Å². The Kier molecular flexibility index (Phi) is 3.33. The number of phenols is 1. The topological polar surface area (TPSA) is 78.1 Å². The number of benzene rings is 2. The predicted molar refractivity (Wildman–Crippen MR) is 111 cm³/mol. The number of nitrogens with zero attached hydrogens (tertiary/aromatic N) is 2. The molecule has 3 heterocycles. The van der Waals surface area contributed by atoms with Gasteiger partial charge in [0.15, 0.2) is 23.3 Å². The molecule has 29 heavy (non-hydrogen) atoms. The van der Waals surface area contributed by atoms with E-state index in [9.17, 15) is 15.3 Å². The number of fused-ring (bicyclic) bond motifs is 2. The molecule has 1 spiro atoms. The second kappa shape index (κ2) is 5.50. The maximum absolute atomic E-state index is 10.4. The highest BCUT2D eigenvalue weighted by molar-refractivity contribution is 5.74. The Labute approximate surface area is 168 Å². The van der Waals surface area contributed by atoms with Crippen LogP contribution < -0.4 is 9.64 Å². The van der Waals surface area contributed by atoms with Crippen molar-refractivity contribution in [2.24, 2.45) is 0 Å². The van der Waals surface area contributed by atoms with E-state index in [4.69, 9.17) is 4.74 Å². The van der Waals surface area contributed by atoms with Gasteiger partial charge in [-0.3, -0.25) is 4.57 Å². The Morgan fingerprint density at radius 1 is 0.931 bits per heavy atom. The van der Waals surface area contributed by atoms with E-state index in [1.807, 2.05) is 43.5 Å². The molecule has 0 radical (unpaired) electrons. The van der Waals surface area contributed by atoms with Crippen LogP contribution in [-0.4, -0.2) is 32.7 Å². The Morgan fingerprint density at radius 3 is 2.38 bits per heavy atom. The molecule has 148 valence electrons. The van der Waals surface area contributed by atoms with Gasteiger partial charge >= 0.3 is 0 Å². The van der Waals surface area contributed by atoms with Crippen LogP contribution in [0, 0.1) is 0 Å². The molecule has 2 aliphatic heterocycles. The molecule has 0 saturated carbocycles. The van der Waals surface area contributed by atoms with Crippen molar-refractivity contribution in [3.8, 4) is 28.9 Å². The molecular formula is C23H22N2O4. The summed E-state index contributed by atoms with van der Waals surface area (Å²) >= 11 is 0. The maximum Gasteiger partial charge on any atom is 0.212 e. The van der Waals surface area contributed by atoms with Crippen LogP contribution in [0.25, 0.3) is 11.8 Å². The Bertz CT molecular complexity index is 1160. The van der Waals surface area contributed by atoms with E-state index in [1.165, 1.54) is 16.7 Å². The van der Waals surface area contributed by atoms with E-state index in [0.29, 0.717) is 11.4 Å². The molecule has 1 unspecified atom stereocenters. The van der Waals surface area contributed by atoms with Crippen molar-refractivity contribution >= 4 is 11.8 Å². The fraction of sp³-hybridized carbons (Fsp3) is 0.217. The molecule has 6 heteroatoms. The highest BCUT2D eigenvalue weighted by Crippen LogP contribution is 2.55. The van der Waals surface area contributed by atoms with Crippen LogP contribution in [-0.2, 0) is 5.41 Å². The highest BCUT2D eigenvalue weighted by atomic mass is 16.5. The maximum atomic E-state index is 10.4. The summed E-state index contributed by atoms with van der Waals surface area (Å²) in [4.78, 5) is 2.06. The SMILES string of the molecule is CN1c2ccc(-n3c(O)ccc3O)cc2C(C)(C)C12C=Cc1cccc(O)c1O2.